The maximum Gasteiger partial charge on any atom is 0.0312 e. The summed E-state index contributed by atoms with van der Waals surface area (Å²) in [6, 6.07) is 1.51. The molecule has 2 fully saturated rings. The maximum atomic E-state index is 5.88. The summed E-state index contributed by atoms with van der Waals surface area (Å²) in [6.07, 6.45) is 8.61. The Morgan fingerprint density at radius 3 is 2.53 bits per heavy atom. The second kappa shape index (κ2) is 6.12. The molecule has 0 spiro atoms. The summed E-state index contributed by atoms with van der Waals surface area (Å²) in [4.78, 5) is 2.72. The summed E-state index contributed by atoms with van der Waals surface area (Å²) >= 11 is 2.08. The van der Waals surface area contributed by atoms with Crippen LogP contribution in [0.2, 0.25) is 0 Å². The van der Waals surface area contributed by atoms with Gasteiger partial charge in [-0.3, -0.25) is 4.90 Å². The lowest BCUT2D eigenvalue weighted by atomic mass is 10.0. The first-order valence-electron chi connectivity index (χ1n) is 6.45. The molecule has 1 aliphatic carbocycles. The van der Waals surface area contributed by atoms with Crippen LogP contribution in [0.5, 0.6) is 0 Å². The Labute approximate surface area is 98.0 Å². The van der Waals surface area contributed by atoms with Gasteiger partial charge in [-0.15, -0.1) is 0 Å². The second-order valence-corrected chi connectivity index (χ2v) is 6.00. The summed E-state index contributed by atoms with van der Waals surface area (Å²) < 4.78 is 0. The molecule has 3 heteroatoms. The van der Waals surface area contributed by atoms with Gasteiger partial charge in [0, 0.05) is 36.7 Å². The van der Waals surface area contributed by atoms with E-state index >= 15 is 0 Å². The number of thioether (sulfide) groups is 1. The van der Waals surface area contributed by atoms with Crippen LogP contribution in [0.3, 0.4) is 0 Å². The molecule has 1 saturated carbocycles. The van der Waals surface area contributed by atoms with Crippen LogP contribution >= 0.6 is 11.8 Å². The third-order valence-electron chi connectivity index (χ3n) is 3.84. The smallest absolute Gasteiger partial charge is 0.0312 e. The van der Waals surface area contributed by atoms with E-state index in [0.29, 0.717) is 6.04 Å². The molecule has 88 valence electrons. The predicted octanol–water partition coefficient (Wildman–Crippen LogP) is 2.09. The molecular formula is C12H24N2S. The summed E-state index contributed by atoms with van der Waals surface area (Å²) in [6.45, 7) is 2.13. The largest absolute Gasteiger partial charge is 0.329 e. The Balaban J connectivity index is 1.92. The van der Waals surface area contributed by atoms with Gasteiger partial charge in [0.15, 0.2) is 0 Å². The first kappa shape index (κ1) is 11.7. The Morgan fingerprint density at radius 1 is 1.13 bits per heavy atom. The molecule has 2 N–H and O–H groups in total. The third-order valence-corrected chi connectivity index (χ3v) is 4.93. The van der Waals surface area contributed by atoms with E-state index < -0.39 is 0 Å². The normalized spacial score (nSPS) is 31.4. The van der Waals surface area contributed by atoms with Gasteiger partial charge in [0.1, 0.15) is 0 Å². The van der Waals surface area contributed by atoms with Gasteiger partial charge in [0.05, 0.1) is 0 Å². The SMILES string of the molecule is NCC1CSCCN1C1CCCCCC1. The van der Waals surface area contributed by atoms with Crippen LogP contribution in [0, 0.1) is 0 Å². The molecule has 0 bridgehead atoms. The quantitative estimate of drug-likeness (QED) is 0.734. The number of rotatable bonds is 2. The van der Waals surface area contributed by atoms with Crippen molar-refractivity contribution in [2.45, 2.75) is 50.6 Å². The number of hydrogen-bond donors (Lipinski definition) is 1. The van der Waals surface area contributed by atoms with E-state index in [9.17, 15) is 0 Å². The molecule has 0 amide bonds. The van der Waals surface area contributed by atoms with Crippen molar-refractivity contribution < 1.29 is 0 Å². The van der Waals surface area contributed by atoms with Gasteiger partial charge in [0.25, 0.3) is 0 Å². The minimum atomic E-state index is 0.659. The zero-order valence-electron chi connectivity index (χ0n) is 9.66. The van der Waals surface area contributed by atoms with Gasteiger partial charge < -0.3 is 5.73 Å². The van der Waals surface area contributed by atoms with Crippen molar-refractivity contribution in [2.24, 2.45) is 5.73 Å². The fraction of sp³-hybridized carbons (Fsp3) is 1.00. The second-order valence-electron chi connectivity index (χ2n) is 4.85. The molecule has 0 radical (unpaired) electrons. The molecule has 1 unspecified atom stereocenters. The van der Waals surface area contributed by atoms with Crippen molar-refractivity contribution >= 4 is 11.8 Å². The Hall–Kier alpha value is 0.270. The van der Waals surface area contributed by atoms with Crippen LogP contribution in [-0.2, 0) is 0 Å². The zero-order valence-corrected chi connectivity index (χ0v) is 10.5. The van der Waals surface area contributed by atoms with Crippen molar-refractivity contribution in [3.63, 3.8) is 0 Å². The van der Waals surface area contributed by atoms with Gasteiger partial charge in [-0.2, -0.15) is 11.8 Å². The van der Waals surface area contributed by atoms with Gasteiger partial charge in [-0.25, -0.2) is 0 Å². The Kier molecular flexibility index (Phi) is 4.79. The van der Waals surface area contributed by atoms with Crippen LogP contribution in [-0.4, -0.2) is 41.6 Å². The van der Waals surface area contributed by atoms with E-state index in [1.54, 1.807) is 0 Å². The zero-order chi connectivity index (χ0) is 10.5. The third kappa shape index (κ3) is 3.11. The summed E-state index contributed by atoms with van der Waals surface area (Å²) in [5.74, 6) is 2.57. The molecular weight excluding hydrogens is 204 g/mol. The number of nitrogens with two attached hydrogens (primary N) is 1. The topological polar surface area (TPSA) is 29.3 Å². The summed E-state index contributed by atoms with van der Waals surface area (Å²) in [5.41, 5.74) is 5.88. The van der Waals surface area contributed by atoms with Gasteiger partial charge in [-0.05, 0) is 12.8 Å². The van der Waals surface area contributed by atoms with Gasteiger partial charge in [-0.1, -0.05) is 25.7 Å². The minimum absolute atomic E-state index is 0.659. The molecule has 1 aliphatic heterocycles. The molecule has 0 aromatic carbocycles. The molecule has 0 aromatic heterocycles. The van der Waals surface area contributed by atoms with E-state index in [-0.39, 0.29) is 0 Å². The lowest BCUT2D eigenvalue weighted by Crippen LogP contribution is -2.51. The van der Waals surface area contributed by atoms with E-state index in [0.717, 1.165) is 12.6 Å². The highest BCUT2D eigenvalue weighted by atomic mass is 32.2. The van der Waals surface area contributed by atoms with Crippen molar-refractivity contribution in [3.8, 4) is 0 Å². The lowest BCUT2D eigenvalue weighted by molar-refractivity contribution is 0.140. The van der Waals surface area contributed by atoms with Crippen LogP contribution in [0.25, 0.3) is 0 Å². The lowest BCUT2D eigenvalue weighted by Gasteiger charge is -2.40. The maximum absolute atomic E-state index is 5.88. The van der Waals surface area contributed by atoms with Crippen molar-refractivity contribution in [1.82, 2.24) is 4.90 Å². The highest BCUT2D eigenvalue weighted by Crippen LogP contribution is 2.26. The van der Waals surface area contributed by atoms with Crippen LogP contribution in [0.4, 0.5) is 0 Å². The average molecular weight is 228 g/mol. The van der Waals surface area contributed by atoms with Crippen molar-refractivity contribution in [3.05, 3.63) is 0 Å². The summed E-state index contributed by atoms with van der Waals surface area (Å²) in [7, 11) is 0. The van der Waals surface area contributed by atoms with Crippen molar-refractivity contribution in [2.75, 3.05) is 24.6 Å². The average Bonchev–Trinajstić information content (AvgIpc) is 2.57. The Morgan fingerprint density at radius 2 is 1.87 bits per heavy atom. The van der Waals surface area contributed by atoms with E-state index in [1.165, 1.54) is 56.6 Å². The van der Waals surface area contributed by atoms with E-state index in [1.807, 2.05) is 0 Å². The fourth-order valence-electron chi connectivity index (χ4n) is 2.94. The molecule has 2 rings (SSSR count). The molecule has 1 atom stereocenters. The first-order valence-corrected chi connectivity index (χ1v) is 7.61. The van der Waals surface area contributed by atoms with Crippen LogP contribution in [0.1, 0.15) is 38.5 Å². The standard InChI is InChI=1S/C12H24N2S/c13-9-12-10-15-8-7-14(12)11-5-3-1-2-4-6-11/h11-12H,1-10,13H2. The van der Waals surface area contributed by atoms with Gasteiger partial charge in [0.2, 0.25) is 0 Å². The predicted molar refractivity (Wildman–Crippen MR) is 68.4 cm³/mol. The summed E-state index contributed by atoms with van der Waals surface area (Å²) in [5, 5.41) is 0. The molecule has 2 nitrogen and oxygen atoms in total. The van der Waals surface area contributed by atoms with Gasteiger partial charge >= 0.3 is 0 Å². The number of nitrogens with zero attached hydrogens (tertiary/aromatic N) is 1. The number of hydrogen-bond acceptors (Lipinski definition) is 3. The monoisotopic (exact) mass is 228 g/mol. The highest BCUT2D eigenvalue weighted by molar-refractivity contribution is 7.99. The Bertz CT molecular complexity index is 178. The molecule has 1 heterocycles. The van der Waals surface area contributed by atoms with Crippen molar-refractivity contribution in [1.29, 1.82) is 0 Å². The highest BCUT2D eigenvalue weighted by Gasteiger charge is 2.28. The van der Waals surface area contributed by atoms with E-state index in [4.69, 9.17) is 5.73 Å². The fourth-order valence-corrected chi connectivity index (χ4v) is 4.05. The minimum Gasteiger partial charge on any atom is -0.329 e. The first-order chi connectivity index (χ1) is 7.42. The molecule has 2 aliphatic rings. The van der Waals surface area contributed by atoms with E-state index in [2.05, 4.69) is 16.7 Å². The molecule has 0 aromatic rings. The van der Waals surface area contributed by atoms with Crippen LogP contribution in [0.15, 0.2) is 0 Å². The van der Waals surface area contributed by atoms with Crippen LogP contribution < -0.4 is 5.73 Å². The molecule has 15 heavy (non-hydrogen) atoms. The molecule has 1 saturated heterocycles.